The molecule has 1 amide bonds. The van der Waals surface area contributed by atoms with Crippen LogP contribution in [0.2, 0.25) is 0 Å². The van der Waals surface area contributed by atoms with Crippen molar-refractivity contribution in [2.24, 2.45) is 5.92 Å². The molecule has 114 valence electrons. The van der Waals surface area contributed by atoms with E-state index in [1.807, 2.05) is 6.07 Å². The van der Waals surface area contributed by atoms with Crippen molar-refractivity contribution in [2.75, 3.05) is 20.3 Å². The van der Waals surface area contributed by atoms with E-state index < -0.39 is 0 Å². The highest BCUT2D eigenvalue weighted by Crippen LogP contribution is 2.27. The average molecular weight is 290 g/mol. The number of benzene rings is 1. The Morgan fingerprint density at radius 2 is 2.14 bits per heavy atom. The van der Waals surface area contributed by atoms with E-state index in [-0.39, 0.29) is 5.91 Å². The predicted molar refractivity (Wildman–Crippen MR) is 80.3 cm³/mol. The molecule has 5 nitrogen and oxygen atoms in total. The van der Waals surface area contributed by atoms with Gasteiger partial charge in [-0.2, -0.15) is 5.26 Å². The zero-order valence-electron chi connectivity index (χ0n) is 12.8. The van der Waals surface area contributed by atoms with Gasteiger partial charge in [-0.15, -0.1) is 0 Å². The van der Waals surface area contributed by atoms with Crippen molar-refractivity contribution in [1.29, 1.82) is 5.26 Å². The van der Waals surface area contributed by atoms with Crippen molar-refractivity contribution in [3.8, 4) is 17.6 Å². The second kappa shape index (κ2) is 8.85. The molecular formula is C16H22N2O3. The van der Waals surface area contributed by atoms with Crippen LogP contribution in [0, 0.1) is 17.2 Å². The Kier molecular flexibility index (Phi) is 7.10. The number of hydrogen-bond acceptors (Lipinski definition) is 4. The van der Waals surface area contributed by atoms with Crippen molar-refractivity contribution < 1.29 is 14.3 Å². The molecule has 0 heterocycles. The van der Waals surface area contributed by atoms with Gasteiger partial charge in [0.2, 0.25) is 5.91 Å². The fraction of sp³-hybridized carbons (Fsp3) is 0.500. The molecule has 0 aliphatic carbocycles. The van der Waals surface area contributed by atoms with E-state index in [9.17, 15) is 4.79 Å². The van der Waals surface area contributed by atoms with Gasteiger partial charge in [-0.25, -0.2) is 0 Å². The van der Waals surface area contributed by atoms with E-state index >= 15 is 0 Å². The summed E-state index contributed by atoms with van der Waals surface area (Å²) < 4.78 is 10.8. The fourth-order valence-corrected chi connectivity index (χ4v) is 1.68. The Hall–Kier alpha value is -2.22. The molecule has 1 N–H and O–H groups in total. The third-order valence-corrected chi connectivity index (χ3v) is 2.81. The molecule has 0 fully saturated rings. The lowest BCUT2D eigenvalue weighted by Crippen LogP contribution is -2.27. The lowest BCUT2D eigenvalue weighted by atomic mass is 10.2. The fourth-order valence-electron chi connectivity index (χ4n) is 1.68. The van der Waals surface area contributed by atoms with Crippen molar-refractivity contribution in [1.82, 2.24) is 5.32 Å². The van der Waals surface area contributed by atoms with Crippen LogP contribution in [0.5, 0.6) is 11.5 Å². The standard InChI is InChI=1S/C16H22N2O3/c1-12(2)11-18-16(19)5-4-8-21-14-7-6-13(10-17)9-15(14)20-3/h6-7,9,12H,4-5,8,11H2,1-3H3,(H,18,19). The molecule has 1 rings (SSSR count). The lowest BCUT2D eigenvalue weighted by molar-refractivity contribution is -0.121. The highest BCUT2D eigenvalue weighted by Gasteiger charge is 2.07. The molecule has 0 aliphatic rings. The summed E-state index contributed by atoms with van der Waals surface area (Å²) in [7, 11) is 1.53. The summed E-state index contributed by atoms with van der Waals surface area (Å²) in [6, 6.07) is 7.05. The molecule has 5 heteroatoms. The Balaban J connectivity index is 2.36. The SMILES string of the molecule is COc1cc(C#N)ccc1OCCCC(=O)NCC(C)C. The molecule has 1 aromatic carbocycles. The van der Waals surface area contributed by atoms with Crippen LogP contribution in [0.1, 0.15) is 32.3 Å². The Labute approximate surface area is 125 Å². The quantitative estimate of drug-likeness (QED) is 0.747. The Bertz CT molecular complexity index is 507. The minimum atomic E-state index is 0.0408. The molecule has 0 aliphatic heterocycles. The van der Waals surface area contributed by atoms with Crippen molar-refractivity contribution >= 4 is 5.91 Å². The van der Waals surface area contributed by atoms with Crippen molar-refractivity contribution in [2.45, 2.75) is 26.7 Å². The van der Waals surface area contributed by atoms with E-state index in [0.717, 1.165) is 0 Å². The summed E-state index contributed by atoms with van der Waals surface area (Å²) in [4.78, 5) is 11.5. The second-order valence-electron chi connectivity index (χ2n) is 5.13. The highest BCUT2D eigenvalue weighted by atomic mass is 16.5. The number of rotatable bonds is 8. The summed E-state index contributed by atoms with van der Waals surface area (Å²) in [5, 5.41) is 11.7. The Morgan fingerprint density at radius 3 is 2.76 bits per heavy atom. The number of hydrogen-bond donors (Lipinski definition) is 1. The van der Waals surface area contributed by atoms with Crippen LogP contribution in [0.25, 0.3) is 0 Å². The van der Waals surface area contributed by atoms with E-state index in [0.29, 0.717) is 49.0 Å². The molecule has 21 heavy (non-hydrogen) atoms. The first kappa shape index (κ1) is 16.8. The van der Waals surface area contributed by atoms with Gasteiger partial charge in [-0.1, -0.05) is 13.8 Å². The molecular weight excluding hydrogens is 268 g/mol. The van der Waals surface area contributed by atoms with Crippen LogP contribution < -0.4 is 14.8 Å². The number of nitrogens with zero attached hydrogens (tertiary/aromatic N) is 1. The van der Waals surface area contributed by atoms with Gasteiger partial charge in [0.15, 0.2) is 11.5 Å². The van der Waals surface area contributed by atoms with Crippen molar-refractivity contribution in [3.05, 3.63) is 23.8 Å². The van der Waals surface area contributed by atoms with Gasteiger partial charge in [-0.05, 0) is 24.5 Å². The number of carbonyl (C=O) groups is 1. The first-order chi connectivity index (χ1) is 10.1. The second-order valence-corrected chi connectivity index (χ2v) is 5.13. The number of amides is 1. The third kappa shape index (κ3) is 6.17. The third-order valence-electron chi connectivity index (χ3n) is 2.81. The van der Waals surface area contributed by atoms with Crippen LogP contribution in [0.4, 0.5) is 0 Å². The number of carbonyl (C=O) groups excluding carboxylic acids is 1. The maximum Gasteiger partial charge on any atom is 0.220 e. The molecule has 0 bridgehead atoms. The van der Waals surface area contributed by atoms with Crippen molar-refractivity contribution in [3.63, 3.8) is 0 Å². The monoisotopic (exact) mass is 290 g/mol. The van der Waals surface area contributed by atoms with Crippen LogP contribution >= 0.6 is 0 Å². The summed E-state index contributed by atoms with van der Waals surface area (Å²) in [5.41, 5.74) is 0.521. The maximum absolute atomic E-state index is 11.5. The molecule has 0 radical (unpaired) electrons. The van der Waals surface area contributed by atoms with Gasteiger partial charge >= 0.3 is 0 Å². The van der Waals surface area contributed by atoms with Crippen LogP contribution in [-0.2, 0) is 4.79 Å². The van der Waals surface area contributed by atoms with Gasteiger partial charge in [0.1, 0.15) is 0 Å². The van der Waals surface area contributed by atoms with E-state index in [1.54, 1.807) is 18.2 Å². The summed E-state index contributed by atoms with van der Waals surface area (Å²) >= 11 is 0. The van der Waals surface area contributed by atoms with Gasteiger partial charge in [0.05, 0.1) is 25.3 Å². The molecule has 0 saturated carbocycles. The molecule has 0 saturated heterocycles. The summed E-state index contributed by atoms with van der Waals surface area (Å²) in [6.45, 7) is 5.24. The maximum atomic E-state index is 11.5. The minimum absolute atomic E-state index is 0.0408. The number of methoxy groups -OCH3 is 1. The van der Waals surface area contributed by atoms with E-state index in [4.69, 9.17) is 14.7 Å². The van der Waals surface area contributed by atoms with Gasteiger partial charge in [-0.3, -0.25) is 4.79 Å². The van der Waals surface area contributed by atoms with Crippen LogP contribution in [0.3, 0.4) is 0 Å². The van der Waals surface area contributed by atoms with E-state index in [1.165, 1.54) is 7.11 Å². The van der Waals surface area contributed by atoms with Gasteiger partial charge in [0, 0.05) is 19.0 Å². The minimum Gasteiger partial charge on any atom is -0.493 e. The Morgan fingerprint density at radius 1 is 1.38 bits per heavy atom. The normalized spacial score (nSPS) is 10.0. The van der Waals surface area contributed by atoms with Gasteiger partial charge < -0.3 is 14.8 Å². The predicted octanol–water partition coefficient (Wildman–Crippen LogP) is 2.50. The average Bonchev–Trinajstić information content (AvgIpc) is 2.49. The van der Waals surface area contributed by atoms with E-state index in [2.05, 4.69) is 19.2 Å². The van der Waals surface area contributed by atoms with Crippen LogP contribution in [0.15, 0.2) is 18.2 Å². The van der Waals surface area contributed by atoms with Crippen LogP contribution in [-0.4, -0.2) is 26.2 Å². The number of nitrogens with one attached hydrogen (secondary N) is 1. The zero-order valence-corrected chi connectivity index (χ0v) is 12.8. The molecule has 0 unspecified atom stereocenters. The smallest absolute Gasteiger partial charge is 0.220 e. The number of ether oxygens (including phenoxy) is 2. The molecule has 0 aromatic heterocycles. The molecule has 1 aromatic rings. The topological polar surface area (TPSA) is 71.3 Å². The first-order valence-electron chi connectivity index (χ1n) is 7.04. The summed E-state index contributed by atoms with van der Waals surface area (Å²) in [5.74, 6) is 1.60. The molecule has 0 atom stereocenters. The summed E-state index contributed by atoms with van der Waals surface area (Å²) in [6.07, 6.45) is 1.07. The number of nitriles is 1. The highest BCUT2D eigenvalue weighted by molar-refractivity contribution is 5.75. The zero-order chi connectivity index (χ0) is 15.7. The van der Waals surface area contributed by atoms with Gasteiger partial charge in [0.25, 0.3) is 0 Å². The molecule has 0 spiro atoms. The largest absolute Gasteiger partial charge is 0.493 e. The lowest BCUT2D eigenvalue weighted by Gasteiger charge is -2.11. The first-order valence-corrected chi connectivity index (χ1v) is 7.04.